The van der Waals surface area contributed by atoms with Gasteiger partial charge in [-0.2, -0.15) is 5.10 Å². The molecule has 0 saturated heterocycles. The number of hydrogen-bond donors (Lipinski definition) is 1. The van der Waals surface area contributed by atoms with Crippen LogP contribution in [0.3, 0.4) is 0 Å². The second-order valence-corrected chi connectivity index (χ2v) is 4.72. The summed E-state index contributed by atoms with van der Waals surface area (Å²) in [7, 11) is 0. The van der Waals surface area contributed by atoms with Crippen LogP contribution in [0.25, 0.3) is 0 Å². The van der Waals surface area contributed by atoms with Crippen molar-refractivity contribution < 1.29 is 9.47 Å². The van der Waals surface area contributed by atoms with Crippen LogP contribution in [0.1, 0.15) is 18.2 Å². The van der Waals surface area contributed by atoms with Crippen molar-refractivity contribution in [3.05, 3.63) is 41.7 Å². The molecular formula is C15H19N3O2. The topological polar surface area (TPSA) is 48.3 Å². The SMILES string of the molecule is CCOc1ccc(OCCn2cc3c(n2)CNC3)cc1. The Morgan fingerprint density at radius 2 is 1.90 bits per heavy atom. The van der Waals surface area contributed by atoms with Crippen LogP contribution in [-0.2, 0) is 19.6 Å². The van der Waals surface area contributed by atoms with Gasteiger partial charge in [-0.1, -0.05) is 0 Å². The molecule has 0 unspecified atom stereocenters. The van der Waals surface area contributed by atoms with Gasteiger partial charge in [0.2, 0.25) is 0 Å². The molecule has 0 radical (unpaired) electrons. The molecule has 0 fully saturated rings. The van der Waals surface area contributed by atoms with Crippen molar-refractivity contribution in [2.24, 2.45) is 0 Å². The lowest BCUT2D eigenvalue weighted by Crippen LogP contribution is -2.11. The molecule has 5 nitrogen and oxygen atoms in total. The average Bonchev–Trinajstić information content (AvgIpc) is 3.02. The van der Waals surface area contributed by atoms with Crippen LogP contribution in [0.15, 0.2) is 30.5 Å². The van der Waals surface area contributed by atoms with Crippen molar-refractivity contribution in [1.29, 1.82) is 0 Å². The predicted octanol–water partition coefficient (Wildman–Crippen LogP) is 1.96. The second kappa shape index (κ2) is 5.96. The van der Waals surface area contributed by atoms with Gasteiger partial charge in [0.05, 0.1) is 18.8 Å². The average molecular weight is 273 g/mol. The number of nitrogens with one attached hydrogen (secondary N) is 1. The number of ether oxygens (including phenoxy) is 2. The Morgan fingerprint density at radius 1 is 1.15 bits per heavy atom. The fourth-order valence-corrected chi connectivity index (χ4v) is 2.28. The van der Waals surface area contributed by atoms with Crippen LogP contribution in [0.2, 0.25) is 0 Å². The Balaban J connectivity index is 1.49. The van der Waals surface area contributed by atoms with E-state index in [1.807, 2.05) is 35.9 Å². The molecule has 1 N–H and O–H groups in total. The molecule has 0 saturated carbocycles. The van der Waals surface area contributed by atoms with Gasteiger partial charge in [-0.15, -0.1) is 0 Å². The van der Waals surface area contributed by atoms with Crippen molar-refractivity contribution in [2.45, 2.75) is 26.6 Å². The quantitative estimate of drug-likeness (QED) is 0.874. The third-order valence-corrected chi connectivity index (χ3v) is 3.26. The van der Waals surface area contributed by atoms with E-state index in [-0.39, 0.29) is 0 Å². The number of benzene rings is 1. The van der Waals surface area contributed by atoms with Crippen molar-refractivity contribution in [3.63, 3.8) is 0 Å². The molecule has 1 aliphatic rings. The molecule has 1 aromatic heterocycles. The van der Waals surface area contributed by atoms with E-state index in [9.17, 15) is 0 Å². The minimum atomic E-state index is 0.613. The molecule has 0 spiro atoms. The van der Waals surface area contributed by atoms with E-state index in [4.69, 9.17) is 9.47 Å². The van der Waals surface area contributed by atoms with E-state index in [0.29, 0.717) is 13.2 Å². The fraction of sp³-hybridized carbons (Fsp3) is 0.400. The Kier molecular flexibility index (Phi) is 3.87. The summed E-state index contributed by atoms with van der Waals surface area (Å²) >= 11 is 0. The smallest absolute Gasteiger partial charge is 0.119 e. The maximum absolute atomic E-state index is 5.71. The highest BCUT2D eigenvalue weighted by atomic mass is 16.5. The number of rotatable bonds is 6. The maximum atomic E-state index is 5.71. The van der Waals surface area contributed by atoms with E-state index in [2.05, 4.69) is 16.6 Å². The summed E-state index contributed by atoms with van der Waals surface area (Å²) in [5.41, 5.74) is 2.46. The summed E-state index contributed by atoms with van der Waals surface area (Å²) < 4.78 is 13.1. The summed E-state index contributed by atoms with van der Waals surface area (Å²) in [5.74, 6) is 1.73. The highest BCUT2D eigenvalue weighted by Crippen LogP contribution is 2.17. The van der Waals surface area contributed by atoms with Crippen LogP contribution < -0.4 is 14.8 Å². The zero-order valence-electron chi connectivity index (χ0n) is 11.6. The van der Waals surface area contributed by atoms with E-state index < -0.39 is 0 Å². The van der Waals surface area contributed by atoms with Gasteiger partial charge < -0.3 is 14.8 Å². The van der Waals surface area contributed by atoms with Crippen molar-refractivity contribution >= 4 is 0 Å². The largest absolute Gasteiger partial charge is 0.494 e. The summed E-state index contributed by atoms with van der Waals surface area (Å²) in [6.07, 6.45) is 2.09. The third kappa shape index (κ3) is 2.93. The number of aromatic nitrogens is 2. The Hall–Kier alpha value is -2.01. The molecule has 20 heavy (non-hydrogen) atoms. The summed E-state index contributed by atoms with van der Waals surface area (Å²) in [5, 5.41) is 7.79. The number of nitrogens with zero attached hydrogens (tertiary/aromatic N) is 2. The molecule has 0 amide bonds. The number of fused-ring (bicyclic) bond motifs is 1. The van der Waals surface area contributed by atoms with Gasteiger partial charge >= 0.3 is 0 Å². The fourth-order valence-electron chi connectivity index (χ4n) is 2.28. The van der Waals surface area contributed by atoms with Gasteiger partial charge in [0.15, 0.2) is 0 Å². The first-order valence-electron chi connectivity index (χ1n) is 6.96. The number of hydrogen-bond acceptors (Lipinski definition) is 4. The first kappa shape index (κ1) is 13.0. The molecule has 0 atom stereocenters. The van der Waals surface area contributed by atoms with Gasteiger partial charge in [-0.05, 0) is 31.2 Å². The first-order chi connectivity index (χ1) is 9.85. The minimum absolute atomic E-state index is 0.613. The van der Waals surface area contributed by atoms with Crippen LogP contribution >= 0.6 is 0 Å². The van der Waals surface area contributed by atoms with E-state index in [0.717, 1.165) is 36.8 Å². The Bertz CT molecular complexity index is 541. The Labute approximate surface area is 118 Å². The summed E-state index contributed by atoms with van der Waals surface area (Å²) in [4.78, 5) is 0. The van der Waals surface area contributed by atoms with Crippen molar-refractivity contribution in [2.75, 3.05) is 13.2 Å². The van der Waals surface area contributed by atoms with Crippen LogP contribution in [0.4, 0.5) is 0 Å². The van der Waals surface area contributed by atoms with Crippen LogP contribution in [-0.4, -0.2) is 23.0 Å². The van der Waals surface area contributed by atoms with Crippen LogP contribution in [0.5, 0.6) is 11.5 Å². The van der Waals surface area contributed by atoms with Gasteiger partial charge in [-0.25, -0.2) is 0 Å². The van der Waals surface area contributed by atoms with Crippen molar-refractivity contribution in [3.8, 4) is 11.5 Å². The molecule has 106 valence electrons. The molecule has 2 aromatic rings. The monoisotopic (exact) mass is 273 g/mol. The predicted molar refractivity (Wildman–Crippen MR) is 75.9 cm³/mol. The van der Waals surface area contributed by atoms with Gasteiger partial charge in [0.1, 0.15) is 18.1 Å². The summed E-state index contributed by atoms with van der Waals surface area (Å²) in [6.45, 7) is 5.83. The molecule has 1 aromatic carbocycles. The second-order valence-electron chi connectivity index (χ2n) is 4.72. The van der Waals surface area contributed by atoms with E-state index >= 15 is 0 Å². The van der Waals surface area contributed by atoms with Crippen LogP contribution in [0, 0.1) is 0 Å². The summed E-state index contributed by atoms with van der Waals surface area (Å²) in [6, 6.07) is 7.70. The van der Waals surface area contributed by atoms with Gasteiger partial charge in [0, 0.05) is 24.8 Å². The molecule has 2 heterocycles. The lowest BCUT2D eigenvalue weighted by molar-refractivity contribution is 0.289. The lowest BCUT2D eigenvalue weighted by Gasteiger charge is -2.08. The molecule has 1 aliphatic heterocycles. The third-order valence-electron chi connectivity index (χ3n) is 3.26. The zero-order chi connectivity index (χ0) is 13.8. The standard InChI is InChI=1S/C15H19N3O2/c1-2-19-13-3-5-14(6-4-13)20-8-7-18-11-12-9-16-10-15(12)17-18/h3-6,11,16H,2,7-10H2,1H3. The molecular weight excluding hydrogens is 254 g/mol. The first-order valence-corrected chi connectivity index (χ1v) is 6.96. The highest BCUT2D eigenvalue weighted by Gasteiger charge is 2.13. The molecule has 0 aliphatic carbocycles. The highest BCUT2D eigenvalue weighted by molar-refractivity contribution is 5.31. The lowest BCUT2D eigenvalue weighted by atomic mass is 10.3. The van der Waals surface area contributed by atoms with Gasteiger partial charge in [0.25, 0.3) is 0 Å². The maximum Gasteiger partial charge on any atom is 0.119 e. The Morgan fingerprint density at radius 3 is 2.60 bits per heavy atom. The van der Waals surface area contributed by atoms with Crippen molar-refractivity contribution in [1.82, 2.24) is 15.1 Å². The minimum Gasteiger partial charge on any atom is -0.494 e. The zero-order valence-corrected chi connectivity index (χ0v) is 11.6. The molecule has 0 bridgehead atoms. The van der Waals surface area contributed by atoms with E-state index in [1.54, 1.807) is 0 Å². The molecule has 3 rings (SSSR count). The van der Waals surface area contributed by atoms with E-state index in [1.165, 1.54) is 5.56 Å². The normalized spacial score (nSPS) is 13.2. The van der Waals surface area contributed by atoms with Gasteiger partial charge in [-0.3, -0.25) is 4.68 Å². The molecule has 5 heteroatoms.